The molecule has 1 heterocycles. The summed E-state index contributed by atoms with van der Waals surface area (Å²) in [6.45, 7) is 5.81. The van der Waals surface area contributed by atoms with Gasteiger partial charge in [0, 0.05) is 12.7 Å². The van der Waals surface area contributed by atoms with E-state index in [2.05, 4.69) is 25.5 Å². The summed E-state index contributed by atoms with van der Waals surface area (Å²) in [6, 6.07) is 0. The van der Waals surface area contributed by atoms with E-state index in [1.807, 2.05) is 0 Å². The largest absolute Gasteiger partial charge is 0.490 e. The first-order valence-electron chi connectivity index (χ1n) is 8.27. The molecule has 1 rings (SSSR count). The van der Waals surface area contributed by atoms with Gasteiger partial charge >= 0.3 is 23.5 Å². The second-order valence-corrected chi connectivity index (χ2v) is 10.8. The van der Waals surface area contributed by atoms with Gasteiger partial charge in [-0.25, -0.2) is 13.7 Å². The fraction of sp³-hybridized carbons (Fsp3) is 0.615. The van der Waals surface area contributed by atoms with Crippen molar-refractivity contribution in [3.8, 4) is 0 Å². The smallest absolute Gasteiger partial charge is 0.392 e. The summed E-state index contributed by atoms with van der Waals surface area (Å²) < 4.78 is 50.7. The van der Waals surface area contributed by atoms with Gasteiger partial charge in [-0.2, -0.15) is 8.62 Å². The molecular formula is C13H25N2O13P3. The Labute approximate surface area is 177 Å². The number of nitrogens with two attached hydrogens (primary N) is 1. The molecule has 6 unspecified atom stereocenters. The van der Waals surface area contributed by atoms with Crippen molar-refractivity contribution in [3.05, 3.63) is 29.3 Å². The van der Waals surface area contributed by atoms with E-state index in [1.165, 1.54) is 11.9 Å². The predicted molar refractivity (Wildman–Crippen MR) is 103 cm³/mol. The molecule has 0 radical (unpaired) electrons. The number of phosphoric acid groups is 3. The minimum atomic E-state index is -5.68. The van der Waals surface area contributed by atoms with Gasteiger partial charge in [0.15, 0.2) is 6.23 Å². The van der Waals surface area contributed by atoms with Crippen molar-refractivity contribution in [1.82, 2.24) is 4.90 Å². The number of rotatable bonds is 10. The van der Waals surface area contributed by atoms with E-state index in [-0.39, 0.29) is 5.70 Å². The third-order valence-corrected chi connectivity index (χ3v) is 8.01. The van der Waals surface area contributed by atoms with Crippen molar-refractivity contribution in [2.45, 2.75) is 38.4 Å². The molecule has 0 aromatic carbocycles. The Hall–Kier alpha value is -0.850. The molecule has 180 valence electrons. The van der Waals surface area contributed by atoms with Crippen molar-refractivity contribution >= 4 is 23.5 Å². The van der Waals surface area contributed by atoms with Gasteiger partial charge in [0.05, 0.1) is 12.3 Å². The van der Waals surface area contributed by atoms with E-state index in [0.29, 0.717) is 11.3 Å². The van der Waals surface area contributed by atoms with E-state index < -0.39 is 54.6 Å². The quantitative estimate of drug-likeness (QED) is 0.113. The van der Waals surface area contributed by atoms with Crippen LogP contribution in [0.1, 0.15) is 13.8 Å². The van der Waals surface area contributed by atoms with Crippen LogP contribution < -0.4 is 5.73 Å². The number of aliphatic hydroxyl groups excluding tert-OH is 2. The number of hydrogen-bond donors (Lipinski definition) is 7. The minimum absolute atomic E-state index is 0.238. The molecule has 1 saturated heterocycles. The summed E-state index contributed by atoms with van der Waals surface area (Å²) in [5, 5.41) is 20.4. The first-order chi connectivity index (χ1) is 13.9. The van der Waals surface area contributed by atoms with Crippen molar-refractivity contribution < 1.29 is 61.4 Å². The molecule has 31 heavy (non-hydrogen) atoms. The first kappa shape index (κ1) is 28.2. The molecular weight excluding hydrogens is 485 g/mol. The van der Waals surface area contributed by atoms with Gasteiger partial charge in [0.2, 0.25) is 0 Å². The molecule has 6 atom stereocenters. The average Bonchev–Trinajstić information content (AvgIpc) is 2.89. The average molecular weight is 510 g/mol. The molecule has 18 heteroatoms. The maximum absolute atomic E-state index is 11.8. The Bertz CT molecular complexity index is 895. The molecule has 1 aliphatic rings. The standard InChI is InChI=1S/C13H25N2O13P3/c1-5-9(14)7(2)8(3)15(4)13-12(17)11(16)10(26-13)6-25-30(21,22)28-31(23,24)27-29(18,19)20/h10-13,16-17H,1,6,14H2,2-4H3,(H,21,22)(H,23,24)(H2,18,19,20)/b8-7+. The van der Waals surface area contributed by atoms with Crippen LogP contribution in [0.2, 0.25) is 0 Å². The fourth-order valence-electron chi connectivity index (χ4n) is 2.44. The monoisotopic (exact) mass is 510 g/mol. The second kappa shape index (κ2) is 10.4. The number of nitrogens with zero attached hydrogens (tertiary/aromatic N) is 1. The number of aliphatic hydroxyl groups is 2. The van der Waals surface area contributed by atoms with Crippen LogP contribution in [0.5, 0.6) is 0 Å². The lowest BCUT2D eigenvalue weighted by Gasteiger charge is -2.30. The zero-order chi connectivity index (χ0) is 24.4. The number of allylic oxidation sites excluding steroid dienone is 2. The lowest BCUT2D eigenvalue weighted by Crippen LogP contribution is -2.41. The van der Waals surface area contributed by atoms with Crippen LogP contribution in [0.3, 0.4) is 0 Å². The highest BCUT2D eigenvalue weighted by Gasteiger charge is 2.47. The SMILES string of the molecule is C=C=C(N)/C(C)=C(\C)N(C)C1OC(COP(=O)(O)OP(=O)(O)OP(=O)(O)O)C(O)C1O. The molecule has 8 N–H and O–H groups in total. The summed E-state index contributed by atoms with van der Waals surface area (Å²) in [5.74, 6) is 0. The van der Waals surface area contributed by atoms with Crippen molar-refractivity contribution in [2.75, 3.05) is 13.7 Å². The Kier molecular flexibility index (Phi) is 9.45. The summed E-state index contributed by atoms with van der Waals surface area (Å²) in [6.07, 6.45) is -5.65. The maximum Gasteiger partial charge on any atom is 0.490 e. The van der Waals surface area contributed by atoms with Crippen LogP contribution in [0, 0.1) is 0 Å². The maximum atomic E-state index is 11.8. The molecule has 1 aliphatic heterocycles. The van der Waals surface area contributed by atoms with Gasteiger partial charge < -0.3 is 45.2 Å². The highest BCUT2D eigenvalue weighted by Crippen LogP contribution is 2.66. The number of hydrogen-bond acceptors (Lipinski definition) is 11. The van der Waals surface area contributed by atoms with Crippen molar-refractivity contribution in [1.29, 1.82) is 0 Å². The van der Waals surface area contributed by atoms with Crippen molar-refractivity contribution in [3.63, 3.8) is 0 Å². The normalized spacial score (nSPS) is 28.8. The fourth-order valence-corrected chi connectivity index (χ4v) is 5.47. The number of likely N-dealkylation sites (N-methyl/N-ethyl adjacent to an activating group) is 1. The Morgan fingerprint density at radius 2 is 1.65 bits per heavy atom. The van der Waals surface area contributed by atoms with E-state index >= 15 is 0 Å². The van der Waals surface area contributed by atoms with E-state index in [0.717, 1.165) is 0 Å². The van der Waals surface area contributed by atoms with Gasteiger partial charge in [-0.15, -0.1) is 5.73 Å². The molecule has 1 fully saturated rings. The minimum Gasteiger partial charge on any atom is -0.392 e. The van der Waals surface area contributed by atoms with Crippen LogP contribution in [0.15, 0.2) is 29.3 Å². The first-order valence-corrected chi connectivity index (χ1v) is 12.8. The summed E-state index contributed by atoms with van der Waals surface area (Å²) in [4.78, 5) is 37.0. The van der Waals surface area contributed by atoms with E-state index in [4.69, 9.17) is 25.2 Å². The molecule has 0 aliphatic carbocycles. The third-order valence-electron chi connectivity index (χ3n) is 4.20. The highest BCUT2D eigenvalue weighted by atomic mass is 31.3. The molecule has 0 amide bonds. The topological polar surface area (TPSA) is 239 Å². The lowest BCUT2D eigenvalue weighted by molar-refractivity contribution is -0.0753. The number of phosphoric ester groups is 1. The van der Waals surface area contributed by atoms with Gasteiger partial charge in [0.1, 0.15) is 18.3 Å². The molecule has 0 saturated carbocycles. The van der Waals surface area contributed by atoms with Crippen LogP contribution in [-0.4, -0.2) is 72.9 Å². The molecule has 0 bridgehead atoms. The van der Waals surface area contributed by atoms with Crippen LogP contribution in [-0.2, 0) is 31.6 Å². The summed E-state index contributed by atoms with van der Waals surface area (Å²) in [5.41, 5.74) is 9.56. The third kappa shape index (κ3) is 8.21. The zero-order valence-electron chi connectivity index (χ0n) is 16.6. The van der Waals surface area contributed by atoms with Crippen LogP contribution in [0.25, 0.3) is 0 Å². The molecule has 0 spiro atoms. The number of ether oxygens (including phenoxy) is 1. The molecule has 0 aromatic heterocycles. The summed E-state index contributed by atoms with van der Waals surface area (Å²) in [7, 11) is -15.1. The Morgan fingerprint density at radius 3 is 2.13 bits per heavy atom. The van der Waals surface area contributed by atoms with E-state index in [9.17, 15) is 28.8 Å². The Morgan fingerprint density at radius 1 is 1.10 bits per heavy atom. The Balaban J connectivity index is 2.86. The summed E-state index contributed by atoms with van der Waals surface area (Å²) >= 11 is 0. The molecule has 0 aromatic rings. The predicted octanol–water partition coefficient (Wildman–Crippen LogP) is -0.370. The molecule has 15 nitrogen and oxygen atoms in total. The highest BCUT2D eigenvalue weighted by molar-refractivity contribution is 7.66. The van der Waals surface area contributed by atoms with Gasteiger partial charge in [0.25, 0.3) is 0 Å². The van der Waals surface area contributed by atoms with Gasteiger partial charge in [-0.3, -0.25) is 4.52 Å². The van der Waals surface area contributed by atoms with Crippen LogP contribution >= 0.6 is 23.5 Å². The lowest BCUT2D eigenvalue weighted by atomic mass is 10.1. The second-order valence-electron chi connectivity index (χ2n) is 6.34. The van der Waals surface area contributed by atoms with Crippen LogP contribution in [0.4, 0.5) is 0 Å². The zero-order valence-corrected chi connectivity index (χ0v) is 19.3. The van der Waals surface area contributed by atoms with E-state index in [1.54, 1.807) is 13.8 Å². The van der Waals surface area contributed by atoms with Crippen molar-refractivity contribution in [2.24, 2.45) is 5.73 Å². The van der Waals surface area contributed by atoms with Gasteiger partial charge in [-0.1, -0.05) is 6.58 Å². The van der Waals surface area contributed by atoms with Gasteiger partial charge in [-0.05, 0) is 19.4 Å².